The second-order valence-electron chi connectivity index (χ2n) is 8.74. The molecular formula is C28H26N4OS2. The van der Waals surface area contributed by atoms with Crippen molar-refractivity contribution in [3.63, 3.8) is 0 Å². The van der Waals surface area contributed by atoms with E-state index in [0.29, 0.717) is 10.3 Å². The molecule has 0 fully saturated rings. The van der Waals surface area contributed by atoms with E-state index in [1.807, 2.05) is 19.1 Å². The summed E-state index contributed by atoms with van der Waals surface area (Å²) in [6.07, 6.45) is 0. The van der Waals surface area contributed by atoms with E-state index < -0.39 is 0 Å². The maximum atomic E-state index is 13.0. The molecule has 3 aromatic carbocycles. The lowest BCUT2D eigenvalue weighted by Crippen LogP contribution is -2.22. The molecule has 5 rings (SSSR count). The smallest absolute Gasteiger partial charge is 0.239 e. The Morgan fingerprint density at radius 2 is 1.51 bits per heavy atom. The highest BCUT2D eigenvalue weighted by Crippen LogP contribution is 2.34. The summed E-state index contributed by atoms with van der Waals surface area (Å²) < 4.78 is 1.07. The van der Waals surface area contributed by atoms with Crippen LogP contribution in [0.3, 0.4) is 0 Å². The van der Waals surface area contributed by atoms with Crippen LogP contribution < -0.4 is 5.32 Å². The SMILES string of the molecule is Cc1ccc(-c2nc(SC(C)C(=O)Nc3nc4ccc(C)cc4s3)[nH]c2-c2ccc(C)cc2)cc1. The Morgan fingerprint density at radius 3 is 2.20 bits per heavy atom. The number of anilines is 1. The van der Waals surface area contributed by atoms with Gasteiger partial charge >= 0.3 is 0 Å². The molecule has 0 radical (unpaired) electrons. The molecule has 0 spiro atoms. The molecular weight excluding hydrogens is 472 g/mol. The van der Waals surface area contributed by atoms with Gasteiger partial charge in [-0.2, -0.15) is 0 Å². The first-order valence-corrected chi connectivity index (χ1v) is 13.1. The molecule has 176 valence electrons. The van der Waals surface area contributed by atoms with E-state index in [1.54, 1.807) is 0 Å². The predicted octanol–water partition coefficient (Wildman–Crippen LogP) is 7.40. The zero-order chi connectivity index (χ0) is 24.5. The van der Waals surface area contributed by atoms with Crippen LogP contribution in [-0.4, -0.2) is 26.1 Å². The lowest BCUT2D eigenvalue weighted by Gasteiger charge is -2.08. The number of fused-ring (bicyclic) bond motifs is 1. The fraction of sp³-hybridized carbons (Fsp3) is 0.179. The van der Waals surface area contributed by atoms with Gasteiger partial charge in [0.15, 0.2) is 10.3 Å². The summed E-state index contributed by atoms with van der Waals surface area (Å²) in [5.74, 6) is -0.101. The number of carbonyl (C=O) groups excluding carboxylic acids is 1. The van der Waals surface area contributed by atoms with Gasteiger partial charge in [0.05, 0.1) is 26.9 Å². The number of nitrogens with one attached hydrogen (secondary N) is 2. The Kier molecular flexibility index (Phi) is 6.45. The number of hydrogen-bond donors (Lipinski definition) is 2. The summed E-state index contributed by atoms with van der Waals surface area (Å²) in [6.45, 7) is 8.08. The number of aromatic amines is 1. The molecule has 1 unspecified atom stereocenters. The summed E-state index contributed by atoms with van der Waals surface area (Å²) in [6, 6.07) is 22.8. The van der Waals surface area contributed by atoms with Gasteiger partial charge in [0, 0.05) is 11.1 Å². The molecule has 0 aliphatic rings. The van der Waals surface area contributed by atoms with Crippen molar-refractivity contribution in [3.8, 4) is 22.5 Å². The van der Waals surface area contributed by atoms with E-state index in [-0.39, 0.29) is 11.2 Å². The number of thiazole rings is 1. The number of imidazole rings is 1. The second kappa shape index (κ2) is 9.68. The molecule has 0 saturated heterocycles. The Morgan fingerprint density at radius 1 is 0.886 bits per heavy atom. The number of rotatable bonds is 6. The maximum Gasteiger partial charge on any atom is 0.239 e. The van der Waals surface area contributed by atoms with E-state index in [4.69, 9.17) is 4.98 Å². The zero-order valence-electron chi connectivity index (χ0n) is 20.0. The van der Waals surface area contributed by atoms with E-state index in [1.165, 1.54) is 39.8 Å². The van der Waals surface area contributed by atoms with Gasteiger partial charge in [-0.1, -0.05) is 88.8 Å². The van der Waals surface area contributed by atoms with Crippen LogP contribution >= 0.6 is 23.1 Å². The van der Waals surface area contributed by atoms with Crippen LogP contribution in [0, 0.1) is 20.8 Å². The topological polar surface area (TPSA) is 70.7 Å². The highest BCUT2D eigenvalue weighted by molar-refractivity contribution is 8.00. The summed E-state index contributed by atoms with van der Waals surface area (Å²) in [5.41, 5.74) is 8.41. The minimum absolute atomic E-state index is 0.101. The van der Waals surface area contributed by atoms with Gasteiger partial charge < -0.3 is 10.3 Å². The highest BCUT2D eigenvalue weighted by Gasteiger charge is 2.21. The fourth-order valence-corrected chi connectivity index (χ4v) is 5.54. The molecule has 0 aliphatic carbocycles. The minimum Gasteiger partial charge on any atom is -0.332 e. The van der Waals surface area contributed by atoms with Crippen molar-refractivity contribution in [3.05, 3.63) is 83.4 Å². The van der Waals surface area contributed by atoms with Crippen molar-refractivity contribution in [2.24, 2.45) is 0 Å². The fourth-order valence-electron chi connectivity index (χ4n) is 3.77. The first kappa shape index (κ1) is 23.3. The summed E-state index contributed by atoms with van der Waals surface area (Å²) in [7, 11) is 0. The van der Waals surface area contributed by atoms with Gasteiger partial charge in [-0.15, -0.1) is 0 Å². The summed E-state index contributed by atoms with van der Waals surface area (Å²) in [4.78, 5) is 25.9. The number of hydrogen-bond acceptors (Lipinski definition) is 5. The van der Waals surface area contributed by atoms with Crippen molar-refractivity contribution in [2.45, 2.75) is 38.1 Å². The highest BCUT2D eigenvalue weighted by atomic mass is 32.2. The number of H-pyrrole nitrogens is 1. The number of aryl methyl sites for hydroxylation is 3. The number of thioether (sulfide) groups is 1. The third-order valence-electron chi connectivity index (χ3n) is 5.78. The predicted molar refractivity (Wildman–Crippen MR) is 147 cm³/mol. The number of amides is 1. The Balaban J connectivity index is 1.39. The molecule has 0 bridgehead atoms. The van der Waals surface area contributed by atoms with Crippen molar-refractivity contribution in [1.29, 1.82) is 0 Å². The molecule has 5 nitrogen and oxygen atoms in total. The average molecular weight is 499 g/mol. The third-order valence-corrected chi connectivity index (χ3v) is 7.70. The lowest BCUT2D eigenvalue weighted by atomic mass is 10.0. The van der Waals surface area contributed by atoms with Crippen LogP contribution in [0.2, 0.25) is 0 Å². The summed E-state index contributed by atoms with van der Waals surface area (Å²) >= 11 is 2.90. The second-order valence-corrected chi connectivity index (χ2v) is 11.1. The largest absolute Gasteiger partial charge is 0.332 e. The Labute approximate surface area is 213 Å². The van der Waals surface area contributed by atoms with E-state index in [0.717, 1.165) is 32.7 Å². The Hall–Kier alpha value is -3.42. The minimum atomic E-state index is -0.355. The molecule has 5 aromatic rings. The van der Waals surface area contributed by atoms with E-state index in [9.17, 15) is 4.79 Å². The van der Waals surface area contributed by atoms with Crippen LogP contribution in [0.25, 0.3) is 32.7 Å². The molecule has 2 aromatic heterocycles. The van der Waals surface area contributed by atoms with Gasteiger partial charge in [-0.05, 0) is 45.4 Å². The van der Waals surface area contributed by atoms with Gasteiger partial charge in [0.1, 0.15) is 0 Å². The van der Waals surface area contributed by atoms with E-state index in [2.05, 4.69) is 90.7 Å². The monoisotopic (exact) mass is 498 g/mol. The van der Waals surface area contributed by atoms with Crippen molar-refractivity contribution >= 4 is 44.4 Å². The quantitative estimate of drug-likeness (QED) is 0.239. The summed E-state index contributed by atoms with van der Waals surface area (Å²) in [5, 5.41) is 3.94. The third kappa shape index (κ3) is 5.16. The van der Waals surface area contributed by atoms with Crippen LogP contribution in [0.5, 0.6) is 0 Å². The van der Waals surface area contributed by atoms with Crippen molar-refractivity contribution in [1.82, 2.24) is 15.0 Å². The van der Waals surface area contributed by atoms with Gasteiger partial charge in [0.25, 0.3) is 0 Å². The lowest BCUT2D eigenvalue weighted by molar-refractivity contribution is -0.115. The van der Waals surface area contributed by atoms with Crippen LogP contribution in [-0.2, 0) is 4.79 Å². The molecule has 0 saturated carbocycles. The maximum absolute atomic E-state index is 13.0. The van der Waals surface area contributed by atoms with Crippen molar-refractivity contribution < 1.29 is 4.79 Å². The number of carbonyl (C=O) groups is 1. The van der Waals surface area contributed by atoms with Crippen molar-refractivity contribution in [2.75, 3.05) is 5.32 Å². The molecule has 2 N–H and O–H groups in total. The average Bonchev–Trinajstić information content (AvgIpc) is 3.43. The van der Waals surface area contributed by atoms with Gasteiger partial charge in [0.2, 0.25) is 5.91 Å². The molecule has 7 heteroatoms. The molecule has 2 heterocycles. The molecule has 0 aliphatic heterocycles. The Bertz CT molecular complexity index is 1440. The standard InChI is InChI=1S/C28H26N4OS2/c1-16-5-10-20(11-6-16)24-25(21-12-7-17(2)8-13-21)31-28(30-24)34-19(4)26(33)32-27-29-22-14-9-18(3)15-23(22)35-27/h5-15,19H,1-4H3,(H,30,31)(H,29,32,33). The van der Waals surface area contributed by atoms with E-state index >= 15 is 0 Å². The first-order valence-electron chi connectivity index (χ1n) is 11.4. The number of nitrogens with zero attached hydrogens (tertiary/aromatic N) is 2. The number of benzene rings is 3. The van der Waals surface area contributed by atoms with Gasteiger partial charge in [-0.25, -0.2) is 9.97 Å². The molecule has 35 heavy (non-hydrogen) atoms. The van der Waals surface area contributed by atoms with Gasteiger partial charge in [-0.3, -0.25) is 4.79 Å². The number of aromatic nitrogens is 3. The normalized spacial score (nSPS) is 12.1. The van der Waals surface area contributed by atoms with Crippen LogP contribution in [0.1, 0.15) is 23.6 Å². The van der Waals surface area contributed by atoms with Crippen LogP contribution in [0.4, 0.5) is 5.13 Å². The first-order chi connectivity index (χ1) is 16.9. The zero-order valence-corrected chi connectivity index (χ0v) is 21.7. The van der Waals surface area contributed by atoms with Crippen LogP contribution in [0.15, 0.2) is 71.9 Å². The molecule has 1 atom stereocenters. The molecule has 1 amide bonds.